The Morgan fingerprint density at radius 1 is 0.477 bits per heavy atom. The number of nitrogens with one attached hydrogen (secondary N) is 4. The number of likely N-dealkylation sites (N-methyl/N-ethyl adjacent to an activating group) is 4. The second-order valence-corrected chi connectivity index (χ2v) is 29.0. The van der Waals surface area contributed by atoms with Gasteiger partial charge >= 0.3 is 0 Å². The van der Waals surface area contributed by atoms with Crippen LogP contribution in [0.3, 0.4) is 0 Å². The Morgan fingerprint density at radius 2 is 0.907 bits per heavy atom. The van der Waals surface area contributed by atoms with Gasteiger partial charge in [0.1, 0.15) is 24.2 Å². The minimum absolute atomic E-state index is 0.123. The van der Waals surface area contributed by atoms with E-state index < -0.39 is 21.1 Å². The molecule has 10 heterocycles. The molecule has 0 spiro atoms. The summed E-state index contributed by atoms with van der Waals surface area (Å²) in [6.45, 7) is 5.67. The van der Waals surface area contributed by atoms with E-state index in [4.69, 9.17) is 17.7 Å². The van der Waals surface area contributed by atoms with Gasteiger partial charge in [0.15, 0.2) is 58.5 Å². The third kappa shape index (κ3) is 15.3. The molecule has 13 rings (SSSR count). The van der Waals surface area contributed by atoms with Crippen LogP contribution >= 0.6 is 11.8 Å². The Bertz CT molecular complexity index is 2860. The minimum Gasteiger partial charge on any atom is -0.446 e. The van der Waals surface area contributed by atoms with Crippen molar-refractivity contribution >= 4 is 45.2 Å². The standard InChI is InChI=1S/C17H25N3O2.C16H25N3O2.C15H23N3O2S.C14H21N3O4S/c1-18-15-16-14(19-10-22-16)5-6-20(17(15)21)9-13-8-11-3-2-4-12(13)7-11;1-17-14-15-13(18-11-21-15)8-9-19(16(14)20)10-12-6-4-2-3-5-7-12;1-16-13-14-12(17-10-20-14)6-7-18(15(13)19)9-11-5-3-2-4-8-21-11;1-15-12-13-11(16-9-21-13)5-6-17(14(12)18)8-10-4-2-3-7-22(10,19)20/h10-13,15,18H,2-9H2,1H3;11-12,14,17H,2-10H2,1H3;10-11,13,16H,2-9H2,1H3;9-10,12,15H,2-8H2,1H3. The number of aromatic nitrogens is 4. The van der Waals surface area contributed by atoms with E-state index in [0.717, 1.165) is 106 Å². The lowest BCUT2D eigenvalue weighted by atomic mass is 9.87. The van der Waals surface area contributed by atoms with Crippen LogP contribution in [0, 0.1) is 23.7 Å². The first-order chi connectivity index (χ1) is 41.9. The highest BCUT2D eigenvalue weighted by Gasteiger charge is 2.42. The SMILES string of the molecule is CNC1C(=O)N(CC2CC3CCCC2C3)CCc2ncoc21.CNC1C(=O)N(CC2CCCCCC2)CCc2ncoc21.CNC1C(=O)N(CC2CCCCCS2)CCc2ncoc21.CNC1C(=O)N(CC2CCCCS2(=O)=O)CCc2ncoc21. The molecule has 6 aliphatic heterocycles. The van der Waals surface area contributed by atoms with Crippen molar-refractivity contribution in [3.8, 4) is 0 Å². The van der Waals surface area contributed by atoms with Gasteiger partial charge in [-0.1, -0.05) is 64.2 Å². The van der Waals surface area contributed by atoms with E-state index in [1.54, 1.807) is 19.0 Å². The van der Waals surface area contributed by atoms with Crippen molar-refractivity contribution in [2.24, 2.45) is 23.7 Å². The zero-order valence-corrected chi connectivity index (χ0v) is 52.8. The fourth-order valence-corrected chi connectivity index (χ4v) is 18.1. The summed E-state index contributed by atoms with van der Waals surface area (Å²) in [7, 11) is 4.03. The van der Waals surface area contributed by atoms with Crippen molar-refractivity contribution < 1.29 is 45.3 Å². The first-order valence-electron chi connectivity index (χ1n) is 32.2. The average Bonchev–Trinajstić information content (AvgIpc) is 3.38. The van der Waals surface area contributed by atoms with Crippen LogP contribution in [0.25, 0.3) is 0 Å². The number of hydrogen-bond donors (Lipinski definition) is 4. The van der Waals surface area contributed by atoms with Gasteiger partial charge in [-0.2, -0.15) is 11.8 Å². The summed E-state index contributed by atoms with van der Waals surface area (Å²) in [6, 6.07) is -1.73. The van der Waals surface area contributed by atoms with E-state index in [2.05, 4.69) is 46.1 Å². The number of thioether (sulfide) groups is 1. The predicted molar refractivity (Wildman–Crippen MR) is 325 cm³/mol. The maximum atomic E-state index is 12.9. The Labute approximate surface area is 512 Å². The molecule has 4 aromatic rings. The molecule has 5 fully saturated rings. The van der Waals surface area contributed by atoms with Gasteiger partial charge in [-0.15, -0.1) is 0 Å². The number of nitrogens with zero attached hydrogens (tertiary/aromatic N) is 8. The number of rotatable bonds is 12. The number of fused-ring (bicyclic) bond motifs is 6. The molecule has 2 saturated heterocycles. The lowest BCUT2D eigenvalue weighted by molar-refractivity contribution is -0.135. The van der Waals surface area contributed by atoms with Gasteiger partial charge in [0.25, 0.3) is 0 Å². The van der Waals surface area contributed by atoms with E-state index in [1.807, 2.05) is 35.7 Å². The molecular formula is C62H94N12O10S2. The lowest BCUT2D eigenvalue weighted by Gasteiger charge is -2.30. The highest BCUT2D eigenvalue weighted by molar-refractivity contribution is 7.99. The van der Waals surface area contributed by atoms with E-state index in [-0.39, 0.29) is 54.1 Å². The maximum Gasteiger partial charge on any atom is 0.247 e. The highest BCUT2D eigenvalue weighted by atomic mass is 32.2. The van der Waals surface area contributed by atoms with Gasteiger partial charge in [0, 0.05) is 83.3 Å². The van der Waals surface area contributed by atoms with Crippen LogP contribution in [0.5, 0.6) is 0 Å². The van der Waals surface area contributed by atoms with Crippen molar-refractivity contribution in [3.05, 3.63) is 71.4 Å². The zero-order chi connectivity index (χ0) is 60.2. The number of amides is 4. The molecule has 24 heteroatoms. The van der Waals surface area contributed by atoms with Gasteiger partial charge in [-0.3, -0.25) is 19.2 Å². The lowest BCUT2D eigenvalue weighted by Crippen LogP contribution is -2.46. The first-order valence-corrected chi connectivity index (χ1v) is 35.0. The minimum atomic E-state index is -3.09. The number of hydrogen-bond acceptors (Lipinski definition) is 19. The van der Waals surface area contributed by atoms with E-state index in [9.17, 15) is 27.6 Å². The van der Waals surface area contributed by atoms with Crippen molar-refractivity contribution in [3.63, 3.8) is 0 Å². The van der Waals surface area contributed by atoms with Gasteiger partial charge in [0.05, 0.1) is 33.8 Å². The fourth-order valence-electron chi connectivity index (χ4n) is 14.9. The summed E-state index contributed by atoms with van der Waals surface area (Å²) >= 11 is 2.03. The number of sulfone groups is 1. The molecule has 3 aliphatic carbocycles. The fraction of sp³-hybridized carbons (Fsp3) is 0.742. The molecule has 22 nitrogen and oxygen atoms in total. The Kier molecular flexibility index (Phi) is 22.6. The van der Waals surface area contributed by atoms with Gasteiger partial charge in [-0.25, -0.2) is 28.4 Å². The predicted octanol–water partition coefficient (Wildman–Crippen LogP) is 6.72. The largest absolute Gasteiger partial charge is 0.446 e. The highest BCUT2D eigenvalue weighted by Crippen LogP contribution is 2.46. The normalized spacial score (nSPS) is 28.7. The molecular weight excluding hydrogens is 1140 g/mol. The summed E-state index contributed by atoms with van der Waals surface area (Å²) in [5.41, 5.74) is 3.53. The third-order valence-electron chi connectivity index (χ3n) is 19.7. The summed E-state index contributed by atoms with van der Waals surface area (Å²) in [5.74, 6) is 7.50. The van der Waals surface area contributed by atoms with E-state index in [1.165, 1.54) is 128 Å². The van der Waals surface area contributed by atoms with Crippen LogP contribution in [0.1, 0.15) is 186 Å². The smallest absolute Gasteiger partial charge is 0.247 e. The van der Waals surface area contributed by atoms with E-state index in [0.29, 0.717) is 59.5 Å². The molecule has 474 valence electrons. The van der Waals surface area contributed by atoms with E-state index >= 15 is 0 Å². The van der Waals surface area contributed by atoms with Crippen LogP contribution in [-0.2, 0) is 54.7 Å². The first kappa shape index (κ1) is 63.9. The van der Waals surface area contributed by atoms with Gasteiger partial charge < -0.3 is 58.5 Å². The van der Waals surface area contributed by atoms with Crippen molar-refractivity contribution in [2.45, 2.75) is 176 Å². The Balaban J connectivity index is 0.000000127. The summed E-state index contributed by atoms with van der Waals surface area (Å²) in [4.78, 5) is 75.8. The topological polar surface area (TPSA) is 268 Å². The number of oxazole rings is 4. The molecule has 9 atom stereocenters. The average molecular weight is 1230 g/mol. The third-order valence-corrected chi connectivity index (χ3v) is 23.4. The summed E-state index contributed by atoms with van der Waals surface area (Å²) in [5, 5.41) is 12.4. The van der Waals surface area contributed by atoms with Crippen LogP contribution in [0.4, 0.5) is 0 Å². The number of carbonyl (C=O) groups excluding carboxylic acids is 4. The maximum absolute atomic E-state index is 12.9. The molecule has 0 radical (unpaired) electrons. The molecule has 86 heavy (non-hydrogen) atoms. The molecule has 9 aliphatic rings. The second kappa shape index (κ2) is 30.4. The molecule has 4 amide bonds. The molecule has 4 N–H and O–H groups in total. The van der Waals surface area contributed by atoms with Gasteiger partial charge in [0.2, 0.25) is 23.6 Å². The molecule has 3 saturated carbocycles. The molecule has 2 bridgehead atoms. The zero-order valence-electron chi connectivity index (χ0n) is 51.2. The Hall–Kier alpha value is -5.14. The number of carbonyl (C=O) groups is 4. The summed E-state index contributed by atoms with van der Waals surface area (Å²) in [6.07, 6.45) is 30.8. The van der Waals surface area contributed by atoms with Crippen LogP contribution in [0.2, 0.25) is 0 Å². The second-order valence-electron chi connectivity index (χ2n) is 25.1. The van der Waals surface area contributed by atoms with Crippen LogP contribution in [0.15, 0.2) is 43.2 Å². The molecule has 9 unspecified atom stereocenters. The molecule has 4 aromatic heterocycles. The summed E-state index contributed by atoms with van der Waals surface area (Å²) < 4.78 is 46.1. The van der Waals surface area contributed by atoms with Gasteiger partial charge in [-0.05, 0) is 109 Å². The quantitative estimate of drug-likeness (QED) is 0.107. The van der Waals surface area contributed by atoms with Crippen LogP contribution < -0.4 is 21.3 Å². The van der Waals surface area contributed by atoms with Crippen molar-refractivity contribution in [1.82, 2.24) is 60.8 Å². The Morgan fingerprint density at radius 3 is 1.37 bits per heavy atom. The monoisotopic (exact) mass is 1230 g/mol. The van der Waals surface area contributed by atoms with Crippen molar-refractivity contribution in [2.75, 3.05) is 92.1 Å². The van der Waals surface area contributed by atoms with Crippen LogP contribution in [-0.4, -0.2) is 174 Å². The molecule has 0 aromatic carbocycles. The van der Waals surface area contributed by atoms with Crippen molar-refractivity contribution in [1.29, 1.82) is 0 Å².